The lowest BCUT2D eigenvalue weighted by atomic mass is 10.1. The number of amides is 1. The molecule has 0 spiro atoms. The first-order valence-electron chi connectivity index (χ1n) is 9.89. The second kappa shape index (κ2) is 10.1. The van der Waals surface area contributed by atoms with Gasteiger partial charge in [0.25, 0.3) is 0 Å². The van der Waals surface area contributed by atoms with Crippen molar-refractivity contribution in [1.29, 1.82) is 0 Å². The number of carboxylic acids is 1. The Balaban J connectivity index is 0.000000360. The number of alkyl halides is 3. The highest BCUT2D eigenvalue weighted by Gasteiger charge is 2.45. The number of nitrogens with one attached hydrogen (secondary N) is 1. The van der Waals surface area contributed by atoms with E-state index in [1.165, 1.54) is 0 Å². The molecule has 12 heteroatoms. The van der Waals surface area contributed by atoms with E-state index in [0.717, 1.165) is 42.9 Å². The number of aryl methyl sites for hydroxylation is 1. The number of nitrogens with zero attached hydrogens (tertiary/aromatic N) is 3. The molecule has 174 valence electrons. The molecule has 3 atom stereocenters. The van der Waals surface area contributed by atoms with Crippen molar-refractivity contribution in [2.24, 2.45) is 0 Å². The van der Waals surface area contributed by atoms with Crippen LogP contribution in [0.4, 0.5) is 13.2 Å². The van der Waals surface area contributed by atoms with Crippen molar-refractivity contribution in [2.45, 2.75) is 57.3 Å². The van der Waals surface area contributed by atoms with Crippen molar-refractivity contribution < 1.29 is 37.0 Å². The van der Waals surface area contributed by atoms with Crippen molar-refractivity contribution in [3.63, 3.8) is 0 Å². The highest BCUT2D eigenvalue weighted by atomic mass is 19.4. The number of carboxylic acid groups (broad SMARTS) is 1. The Morgan fingerprint density at radius 1 is 1.31 bits per heavy atom. The minimum absolute atomic E-state index is 0.0694. The molecule has 2 N–H and O–H groups in total. The van der Waals surface area contributed by atoms with Gasteiger partial charge in [-0.2, -0.15) is 13.2 Å². The summed E-state index contributed by atoms with van der Waals surface area (Å²) in [4.78, 5) is 32.1. The number of ether oxygens (including phenoxy) is 1. The summed E-state index contributed by atoms with van der Waals surface area (Å²) in [6, 6.07) is 2.28. The predicted molar refractivity (Wildman–Crippen MR) is 103 cm³/mol. The quantitative estimate of drug-likeness (QED) is 0.702. The topological polar surface area (TPSA) is 118 Å². The summed E-state index contributed by atoms with van der Waals surface area (Å²) in [5, 5.41) is 10.0. The minimum atomic E-state index is -5.08. The van der Waals surface area contributed by atoms with Crippen LogP contribution in [0.3, 0.4) is 0 Å². The second-order valence-corrected chi connectivity index (χ2v) is 7.53. The van der Waals surface area contributed by atoms with Gasteiger partial charge in [0, 0.05) is 37.3 Å². The Morgan fingerprint density at radius 3 is 2.66 bits per heavy atom. The molecule has 0 unspecified atom stereocenters. The largest absolute Gasteiger partial charge is 0.490 e. The number of halogens is 3. The van der Waals surface area contributed by atoms with Crippen LogP contribution in [0.2, 0.25) is 0 Å². The fourth-order valence-electron chi connectivity index (χ4n) is 3.62. The maximum absolute atomic E-state index is 12.4. The number of aromatic nitrogens is 2. The zero-order valence-corrected chi connectivity index (χ0v) is 17.2. The summed E-state index contributed by atoms with van der Waals surface area (Å²) >= 11 is 0. The first kappa shape index (κ1) is 23.7. The average Bonchev–Trinajstić information content (AvgIpc) is 3.46. The van der Waals surface area contributed by atoms with Crippen LogP contribution in [0, 0.1) is 6.92 Å². The fraction of sp³-hybridized carbons (Fsp3) is 0.500. The van der Waals surface area contributed by atoms with Crippen molar-refractivity contribution in [2.75, 3.05) is 6.54 Å². The van der Waals surface area contributed by atoms with Gasteiger partial charge >= 0.3 is 12.1 Å². The van der Waals surface area contributed by atoms with Gasteiger partial charge in [0.05, 0.1) is 42.8 Å². The van der Waals surface area contributed by atoms with E-state index in [2.05, 4.69) is 20.2 Å². The number of hydrogen-bond acceptors (Lipinski definition) is 7. The minimum Gasteiger partial charge on any atom is -0.475 e. The zero-order valence-electron chi connectivity index (χ0n) is 17.2. The molecule has 9 nitrogen and oxygen atoms in total. The van der Waals surface area contributed by atoms with E-state index in [1.807, 2.05) is 13.0 Å². The lowest BCUT2D eigenvalue weighted by Gasteiger charge is -2.21. The lowest BCUT2D eigenvalue weighted by molar-refractivity contribution is -0.192. The summed E-state index contributed by atoms with van der Waals surface area (Å²) in [7, 11) is 0. The van der Waals surface area contributed by atoms with E-state index in [4.69, 9.17) is 19.1 Å². The molecule has 4 rings (SSSR count). The number of carbonyl (C=O) groups excluding carboxylic acids is 1. The van der Waals surface area contributed by atoms with Crippen molar-refractivity contribution in [3.05, 3.63) is 47.9 Å². The molecule has 2 aliphatic heterocycles. The SMILES string of the molecule is Cc1cnc(CNC(=O)[C@H]2C[C@H]3[C@H](CCN3Cc3ccoc3)O2)cn1.O=C(O)C(F)(F)F. The predicted octanol–water partition coefficient (Wildman–Crippen LogP) is 2.06. The Labute approximate surface area is 181 Å². The third kappa shape index (κ3) is 6.26. The molecular weight excluding hydrogens is 433 g/mol. The lowest BCUT2D eigenvalue weighted by Crippen LogP contribution is -2.36. The van der Waals surface area contributed by atoms with E-state index >= 15 is 0 Å². The molecule has 0 bridgehead atoms. The Hall–Kier alpha value is -2.99. The van der Waals surface area contributed by atoms with Crippen LogP contribution in [0.5, 0.6) is 0 Å². The van der Waals surface area contributed by atoms with E-state index in [1.54, 1.807) is 24.9 Å². The fourth-order valence-corrected chi connectivity index (χ4v) is 3.62. The maximum Gasteiger partial charge on any atom is 0.490 e. The van der Waals surface area contributed by atoms with Gasteiger partial charge < -0.3 is 19.6 Å². The summed E-state index contributed by atoms with van der Waals surface area (Å²) < 4.78 is 42.9. The number of carbonyl (C=O) groups is 2. The highest BCUT2D eigenvalue weighted by molar-refractivity contribution is 5.81. The zero-order chi connectivity index (χ0) is 23.3. The van der Waals surface area contributed by atoms with Crippen LogP contribution in [-0.2, 0) is 27.4 Å². The standard InChI is InChI=1S/C18H22N4O3.C2HF3O2/c1-12-7-20-14(8-19-12)9-21-18(23)17-6-15-16(25-17)2-4-22(15)10-13-3-5-24-11-13;3-2(4,5)1(6)7/h3,5,7-8,11,15-17H,2,4,6,9-10H2,1H3,(H,21,23);(H,6,7)/t15-,16-,17+;/m0./s1. The maximum atomic E-state index is 12.4. The van der Waals surface area contributed by atoms with Crippen LogP contribution in [0.15, 0.2) is 35.4 Å². The Kier molecular flexibility index (Phi) is 7.46. The Morgan fingerprint density at radius 2 is 2.06 bits per heavy atom. The number of furan rings is 1. The first-order valence-corrected chi connectivity index (χ1v) is 9.89. The van der Waals surface area contributed by atoms with Crippen LogP contribution in [0.25, 0.3) is 0 Å². The number of aliphatic carboxylic acids is 1. The molecule has 2 fully saturated rings. The normalized spacial score (nSPS) is 22.7. The van der Waals surface area contributed by atoms with Gasteiger partial charge in [-0.25, -0.2) is 4.79 Å². The number of fused-ring (bicyclic) bond motifs is 1. The molecule has 1 amide bonds. The smallest absolute Gasteiger partial charge is 0.475 e. The molecule has 32 heavy (non-hydrogen) atoms. The third-order valence-electron chi connectivity index (χ3n) is 5.17. The van der Waals surface area contributed by atoms with Crippen LogP contribution >= 0.6 is 0 Å². The van der Waals surface area contributed by atoms with Crippen LogP contribution in [0.1, 0.15) is 29.8 Å². The van der Waals surface area contributed by atoms with Crippen LogP contribution in [-0.4, -0.2) is 62.8 Å². The van der Waals surface area contributed by atoms with Gasteiger partial charge in [-0.3, -0.25) is 19.7 Å². The van der Waals surface area contributed by atoms with Crippen molar-refractivity contribution in [3.8, 4) is 0 Å². The molecule has 0 aliphatic carbocycles. The monoisotopic (exact) mass is 456 g/mol. The Bertz CT molecular complexity index is 905. The molecule has 2 saturated heterocycles. The van der Waals surface area contributed by atoms with E-state index in [-0.39, 0.29) is 18.1 Å². The third-order valence-corrected chi connectivity index (χ3v) is 5.17. The van der Waals surface area contributed by atoms with E-state index < -0.39 is 12.1 Å². The molecule has 0 aromatic carbocycles. The second-order valence-electron chi connectivity index (χ2n) is 7.53. The van der Waals surface area contributed by atoms with Gasteiger partial charge in [0.2, 0.25) is 5.91 Å². The van der Waals surface area contributed by atoms with Gasteiger partial charge in [0.15, 0.2) is 0 Å². The van der Waals surface area contributed by atoms with Crippen LogP contribution < -0.4 is 5.32 Å². The molecular formula is C20H23F3N4O5. The molecule has 0 radical (unpaired) electrons. The van der Waals surface area contributed by atoms with Crippen molar-refractivity contribution in [1.82, 2.24) is 20.2 Å². The molecule has 2 aromatic rings. The number of hydrogen-bond donors (Lipinski definition) is 2. The molecule has 4 heterocycles. The summed E-state index contributed by atoms with van der Waals surface area (Å²) in [5.41, 5.74) is 2.77. The number of rotatable bonds is 5. The number of likely N-dealkylation sites (tertiary alicyclic amines) is 1. The van der Waals surface area contributed by atoms with E-state index in [9.17, 15) is 18.0 Å². The van der Waals surface area contributed by atoms with Crippen molar-refractivity contribution >= 4 is 11.9 Å². The van der Waals surface area contributed by atoms with E-state index in [0.29, 0.717) is 12.6 Å². The van der Waals surface area contributed by atoms with Gasteiger partial charge in [-0.05, 0) is 19.4 Å². The summed E-state index contributed by atoms with van der Waals surface area (Å²) in [5.74, 6) is -2.83. The average molecular weight is 456 g/mol. The first-order chi connectivity index (χ1) is 15.1. The van der Waals surface area contributed by atoms with Gasteiger partial charge in [-0.15, -0.1) is 0 Å². The van der Waals surface area contributed by atoms with Gasteiger partial charge in [-0.1, -0.05) is 0 Å². The summed E-state index contributed by atoms with van der Waals surface area (Å²) in [6.07, 6.45) is 3.22. The molecule has 2 aromatic heterocycles. The summed E-state index contributed by atoms with van der Waals surface area (Å²) in [6.45, 7) is 4.10. The van der Waals surface area contributed by atoms with Gasteiger partial charge in [0.1, 0.15) is 6.10 Å². The molecule has 2 aliphatic rings. The molecule has 0 saturated carbocycles. The highest BCUT2D eigenvalue weighted by Crippen LogP contribution is 2.34.